The number of H-pyrrole nitrogens is 1. The third kappa shape index (κ3) is 2.00. The van der Waals surface area contributed by atoms with Crippen LogP contribution in [0.25, 0.3) is 32.9 Å². The van der Waals surface area contributed by atoms with Gasteiger partial charge < -0.3 is 9.72 Å². The Hall–Kier alpha value is -2.59. The van der Waals surface area contributed by atoms with Crippen molar-refractivity contribution >= 4 is 33.4 Å². The molecule has 0 aliphatic heterocycles. The summed E-state index contributed by atoms with van der Waals surface area (Å²) in [5, 5.41) is 2.88. The molecule has 0 atom stereocenters. The van der Waals surface area contributed by atoms with Crippen molar-refractivity contribution in [2.75, 3.05) is 7.11 Å². The predicted molar refractivity (Wildman–Crippen MR) is 88.4 cm³/mol. The van der Waals surface area contributed by atoms with E-state index >= 15 is 0 Å². The lowest BCUT2D eigenvalue weighted by Gasteiger charge is -2.06. The van der Waals surface area contributed by atoms with E-state index in [0.29, 0.717) is 10.9 Å². The molecule has 22 heavy (non-hydrogen) atoms. The van der Waals surface area contributed by atoms with Gasteiger partial charge in [0, 0.05) is 45.4 Å². The summed E-state index contributed by atoms with van der Waals surface area (Å²) < 4.78 is 5.11. The van der Waals surface area contributed by atoms with Gasteiger partial charge in [0.2, 0.25) is 5.88 Å². The minimum Gasteiger partial charge on any atom is -0.481 e. The van der Waals surface area contributed by atoms with Crippen molar-refractivity contribution in [3.63, 3.8) is 0 Å². The molecule has 0 bridgehead atoms. The zero-order valence-corrected chi connectivity index (χ0v) is 12.6. The summed E-state index contributed by atoms with van der Waals surface area (Å²) in [6, 6.07) is 9.71. The molecule has 0 fully saturated rings. The Labute approximate surface area is 131 Å². The summed E-state index contributed by atoms with van der Waals surface area (Å²) in [4.78, 5) is 11.9. The van der Waals surface area contributed by atoms with E-state index in [1.54, 1.807) is 19.5 Å². The van der Waals surface area contributed by atoms with E-state index in [0.717, 1.165) is 32.9 Å². The number of aromatic amines is 1. The first-order valence-corrected chi connectivity index (χ1v) is 7.19. The predicted octanol–water partition coefficient (Wildman–Crippen LogP) is 4.44. The van der Waals surface area contributed by atoms with E-state index in [1.165, 1.54) is 0 Å². The van der Waals surface area contributed by atoms with Crippen molar-refractivity contribution in [3.8, 4) is 17.0 Å². The van der Waals surface area contributed by atoms with Crippen LogP contribution in [0.15, 0.2) is 48.9 Å². The summed E-state index contributed by atoms with van der Waals surface area (Å²) in [6.45, 7) is 0. The van der Waals surface area contributed by atoms with Crippen molar-refractivity contribution < 1.29 is 4.74 Å². The summed E-state index contributed by atoms with van der Waals surface area (Å²) in [5.74, 6) is 0.586. The Morgan fingerprint density at radius 1 is 1.09 bits per heavy atom. The maximum Gasteiger partial charge on any atom is 0.212 e. The molecule has 1 aromatic carbocycles. The number of hydrogen-bond acceptors (Lipinski definition) is 3. The quantitative estimate of drug-likeness (QED) is 0.595. The van der Waals surface area contributed by atoms with E-state index in [4.69, 9.17) is 16.3 Å². The Morgan fingerprint density at radius 2 is 2.00 bits per heavy atom. The highest BCUT2D eigenvalue weighted by Crippen LogP contribution is 2.35. The highest BCUT2D eigenvalue weighted by Gasteiger charge is 2.12. The fourth-order valence-corrected chi connectivity index (χ4v) is 2.92. The molecular weight excluding hydrogens is 298 g/mol. The Morgan fingerprint density at radius 3 is 2.77 bits per heavy atom. The highest BCUT2D eigenvalue weighted by atomic mass is 35.5. The van der Waals surface area contributed by atoms with Crippen molar-refractivity contribution in [1.82, 2.24) is 15.0 Å². The Balaban J connectivity index is 2.03. The number of pyridine rings is 2. The van der Waals surface area contributed by atoms with Gasteiger partial charge in [0.1, 0.15) is 0 Å². The number of nitrogens with zero attached hydrogens (tertiary/aromatic N) is 2. The van der Waals surface area contributed by atoms with Crippen LogP contribution in [0.3, 0.4) is 0 Å². The Kier molecular flexibility index (Phi) is 2.98. The third-order valence-electron chi connectivity index (χ3n) is 3.73. The van der Waals surface area contributed by atoms with E-state index in [9.17, 15) is 0 Å². The number of hydrogen-bond donors (Lipinski definition) is 1. The van der Waals surface area contributed by atoms with Gasteiger partial charge in [0.05, 0.1) is 24.3 Å². The lowest BCUT2D eigenvalue weighted by Crippen LogP contribution is -1.88. The molecule has 0 unspecified atom stereocenters. The molecule has 0 radical (unpaired) electrons. The van der Waals surface area contributed by atoms with Crippen LogP contribution in [0.4, 0.5) is 0 Å². The van der Waals surface area contributed by atoms with Crippen LogP contribution in [0.2, 0.25) is 5.02 Å². The van der Waals surface area contributed by atoms with Crippen molar-refractivity contribution in [2.45, 2.75) is 0 Å². The number of nitrogens with one attached hydrogen (secondary N) is 1. The zero-order valence-electron chi connectivity index (χ0n) is 11.8. The average molecular weight is 310 g/mol. The van der Waals surface area contributed by atoms with Gasteiger partial charge in [0.25, 0.3) is 0 Å². The average Bonchev–Trinajstić information content (AvgIpc) is 2.93. The van der Waals surface area contributed by atoms with Crippen LogP contribution in [-0.2, 0) is 0 Å². The second-order valence-corrected chi connectivity index (χ2v) is 5.45. The highest BCUT2D eigenvalue weighted by molar-refractivity contribution is 6.32. The monoisotopic (exact) mass is 309 g/mol. The van der Waals surface area contributed by atoms with Gasteiger partial charge in [-0.25, -0.2) is 4.98 Å². The summed E-state index contributed by atoms with van der Waals surface area (Å²) in [6.07, 6.45) is 5.39. The van der Waals surface area contributed by atoms with Crippen LogP contribution < -0.4 is 4.74 Å². The number of halogens is 1. The standard InChI is InChI=1S/C17H12ClN3O/c1-22-16-3-2-10(8-20-16)13-6-11(18)7-14-12-4-5-19-9-15(12)21-17(13)14/h2-9,21H,1H3. The molecule has 4 nitrogen and oxygen atoms in total. The molecule has 4 rings (SSSR count). The molecule has 0 spiro atoms. The second-order valence-electron chi connectivity index (χ2n) is 5.01. The van der Waals surface area contributed by atoms with Gasteiger partial charge in [-0.15, -0.1) is 0 Å². The molecule has 108 valence electrons. The summed E-state index contributed by atoms with van der Waals surface area (Å²) in [7, 11) is 1.60. The number of fused-ring (bicyclic) bond motifs is 3. The fourth-order valence-electron chi connectivity index (χ4n) is 2.71. The van der Waals surface area contributed by atoms with Crippen LogP contribution in [0.5, 0.6) is 5.88 Å². The lowest BCUT2D eigenvalue weighted by molar-refractivity contribution is 0.398. The largest absolute Gasteiger partial charge is 0.481 e. The van der Waals surface area contributed by atoms with Gasteiger partial charge >= 0.3 is 0 Å². The van der Waals surface area contributed by atoms with Crippen LogP contribution in [-0.4, -0.2) is 22.1 Å². The van der Waals surface area contributed by atoms with Crippen molar-refractivity contribution in [2.24, 2.45) is 0 Å². The molecule has 0 saturated heterocycles. The minimum absolute atomic E-state index is 0.586. The first kappa shape index (κ1) is 13.1. The molecule has 3 aromatic heterocycles. The molecule has 5 heteroatoms. The van der Waals surface area contributed by atoms with Gasteiger partial charge in [-0.2, -0.15) is 0 Å². The maximum absolute atomic E-state index is 6.31. The summed E-state index contributed by atoms with van der Waals surface area (Å²) >= 11 is 6.31. The molecule has 1 N–H and O–H groups in total. The molecule has 0 aliphatic carbocycles. The molecule has 4 aromatic rings. The number of benzene rings is 1. The third-order valence-corrected chi connectivity index (χ3v) is 3.95. The SMILES string of the molecule is COc1ccc(-c2cc(Cl)cc3c2[nH]c2cnccc23)cn1. The summed E-state index contributed by atoms with van der Waals surface area (Å²) in [5.41, 5.74) is 4.00. The van der Waals surface area contributed by atoms with E-state index < -0.39 is 0 Å². The molecular formula is C17H12ClN3O. The smallest absolute Gasteiger partial charge is 0.212 e. The van der Waals surface area contributed by atoms with E-state index in [1.807, 2.05) is 36.5 Å². The zero-order chi connectivity index (χ0) is 15.1. The van der Waals surface area contributed by atoms with Crippen molar-refractivity contribution in [1.29, 1.82) is 0 Å². The van der Waals surface area contributed by atoms with Gasteiger partial charge in [0.15, 0.2) is 0 Å². The number of rotatable bonds is 2. The van der Waals surface area contributed by atoms with Gasteiger partial charge in [-0.05, 0) is 24.3 Å². The lowest BCUT2D eigenvalue weighted by atomic mass is 10.0. The van der Waals surface area contributed by atoms with Crippen LogP contribution in [0, 0.1) is 0 Å². The molecule has 0 amide bonds. The first-order chi connectivity index (χ1) is 10.8. The number of aromatic nitrogens is 3. The van der Waals surface area contributed by atoms with Gasteiger partial charge in [-0.3, -0.25) is 4.98 Å². The van der Waals surface area contributed by atoms with Crippen molar-refractivity contribution in [3.05, 3.63) is 53.9 Å². The number of ether oxygens (including phenoxy) is 1. The minimum atomic E-state index is 0.586. The van der Waals surface area contributed by atoms with Crippen LogP contribution in [0.1, 0.15) is 0 Å². The molecule has 0 saturated carbocycles. The van der Waals surface area contributed by atoms with E-state index in [-0.39, 0.29) is 0 Å². The van der Waals surface area contributed by atoms with Gasteiger partial charge in [-0.1, -0.05) is 11.6 Å². The normalized spacial score (nSPS) is 11.2. The Bertz CT molecular complexity index is 976. The fraction of sp³-hybridized carbons (Fsp3) is 0.0588. The maximum atomic E-state index is 6.31. The first-order valence-electron chi connectivity index (χ1n) is 6.81. The topological polar surface area (TPSA) is 50.8 Å². The van der Waals surface area contributed by atoms with E-state index in [2.05, 4.69) is 15.0 Å². The molecule has 3 heterocycles. The van der Waals surface area contributed by atoms with Crippen LogP contribution >= 0.6 is 11.6 Å². The molecule has 0 aliphatic rings. The number of methoxy groups -OCH3 is 1. The second kappa shape index (κ2) is 5.00.